The lowest BCUT2D eigenvalue weighted by Gasteiger charge is -2.16. The molecule has 0 atom stereocenters. The second-order valence-corrected chi connectivity index (χ2v) is 4.75. The molecule has 0 saturated carbocycles. The first kappa shape index (κ1) is 16.2. The molecule has 4 heteroatoms. The summed E-state index contributed by atoms with van der Waals surface area (Å²) in [5.41, 5.74) is 0.823. The third-order valence-electron chi connectivity index (χ3n) is 2.91. The van der Waals surface area contributed by atoms with E-state index < -0.39 is 5.97 Å². The molecule has 0 bridgehead atoms. The van der Waals surface area contributed by atoms with Crippen LogP contribution in [-0.2, 0) is 4.79 Å². The zero-order valence-electron chi connectivity index (χ0n) is 12.2. The highest BCUT2D eigenvalue weighted by Crippen LogP contribution is 2.14. The van der Waals surface area contributed by atoms with Gasteiger partial charge in [0.25, 0.3) is 0 Å². The van der Waals surface area contributed by atoms with Gasteiger partial charge in [-0.1, -0.05) is 25.5 Å². The second kappa shape index (κ2) is 9.15. The van der Waals surface area contributed by atoms with E-state index in [1.807, 2.05) is 24.3 Å². The van der Waals surface area contributed by atoms with Crippen molar-refractivity contribution < 1.29 is 14.6 Å². The molecule has 4 nitrogen and oxygen atoms in total. The molecule has 20 heavy (non-hydrogen) atoms. The normalized spacial score (nSPS) is 11.2. The molecule has 0 aliphatic heterocycles. The summed E-state index contributed by atoms with van der Waals surface area (Å²) in [6, 6.07) is 7.42. The molecule has 0 fully saturated rings. The van der Waals surface area contributed by atoms with Gasteiger partial charge in [-0.3, -0.25) is 0 Å². The van der Waals surface area contributed by atoms with Crippen LogP contribution in [0.5, 0.6) is 5.75 Å². The lowest BCUT2D eigenvalue weighted by atomic mass is 10.2. The molecule has 1 N–H and O–H groups in total. The first-order valence-corrected chi connectivity index (χ1v) is 6.94. The highest BCUT2D eigenvalue weighted by atomic mass is 16.5. The van der Waals surface area contributed by atoms with Crippen molar-refractivity contribution >= 4 is 12.0 Å². The first-order chi connectivity index (χ1) is 9.61. The molecule has 0 heterocycles. The predicted molar refractivity (Wildman–Crippen MR) is 81.0 cm³/mol. The number of carboxylic acids is 1. The summed E-state index contributed by atoms with van der Waals surface area (Å²) in [5.74, 6) is -0.185. The minimum atomic E-state index is -0.950. The van der Waals surface area contributed by atoms with Crippen molar-refractivity contribution in [2.45, 2.75) is 19.8 Å². The van der Waals surface area contributed by atoms with E-state index in [4.69, 9.17) is 9.84 Å². The van der Waals surface area contributed by atoms with Crippen LogP contribution in [0.3, 0.4) is 0 Å². The van der Waals surface area contributed by atoms with Crippen LogP contribution in [0.15, 0.2) is 30.3 Å². The first-order valence-electron chi connectivity index (χ1n) is 6.94. The number of aliphatic carboxylic acids is 1. The minimum Gasteiger partial charge on any atom is -0.492 e. The van der Waals surface area contributed by atoms with Crippen molar-refractivity contribution in [1.82, 2.24) is 4.90 Å². The summed E-state index contributed by atoms with van der Waals surface area (Å²) in [7, 11) is 2.09. The molecule has 0 aromatic heterocycles. The zero-order chi connectivity index (χ0) is 14.8. The highest BCUT2D eigenvalue weighted by molar-refractivity contribution is 5.85. The Balaban J connectivity index is 2.40. The Morgan fingerprint density at radius 3 is 2.90 bits per heavy atom. The molecule has 0 aliphatic carbocycles. The predicted octanol–water partition coefficient (Wildman–Crippen LogP) is 2.90. The Hall–Kier alpha value is -1.81. The number of benzene rings is 1. The highest BCUT2D eigenvalue weighted by Gasteiger charge is 1.99. The lowest BCUT2D eigenvalue weighted by Crippen LogP contribution is -2.25. The molecule has 0 radical (unpaired) electrons. The van der Waals surface area contributed by atoms with Crippen molar-refractivity contribution in [2.24, 2.45) is 0 Å². The smallest absolute Gasteiger partial charge is 0.328 e. The number of rotatable bonds is 9. The average Bonchev–Trinajstić information content (AvgIpc) is 2.43. The van der Waals surface area contributed by atoms with Gasteiger partial charge in [-0.2, -0.15) is 0 Å². The summed E-state index contributed by atoms with van der Waals surface area (Å²) in [6.07, 6.45) is 5.08. The third-order valence-corrected chi connectivity index (χ3v) is 2.91. The molecule has 0 amide bonds. The summed E-state index contributed by atoms with van der Waals surface area (Å²) in [5, 5.41) is 8.59. The summed E-state index contributed by atoms with van der Waals surface area (Å²) >= 11 is 0. The van der Waals surface area contributed by atoms with Crippen LogP contribution in [0.1, 0.15) is 25.3 Å². The van der Waals surface area contributed by atoms with Gasteiger partial charge in [0, 0.05) is 12.6 Å². The van der Waals surface area contributed by atoms with Crippen LogP contribution in [-0.4, -0.2) is 42.7 Å². The van der Waals surface area contributed by atoms with Gasteiger partial charge in [-0.15, -0.1) is 0 Å². The van der Waals surface area contributed by atoms with E-state index in [1.54, 1.807) is 6.08 Å². The van der Waals surface area contributed by atoms with Crippen molar-refractivity contribution in [2.75, 3.05) is 26.7 Å². The number of nitrogens with zero attached hydrogens (tertiary/aromatic N) is 1. The Morgan fingerprint density at radius 1 is 1.40 bits per heavy atom. The molecule has 0 saturated heterocycles. The Morgan fingerprint density at radius 2 is 2.20 bits per heavy atom. The van der Waals surface area contributed by atoms with Crippen LogP contribution in [0, 0.1) is 0 Å². The van der Waals surface area contributed by atoms with E-state index in [0.717, 1.165) is 30.5 Å². The summed E-state index contributed by atoms with van der Waals surface area (Å²) < 4.78 is 5.68. The van der Waals surface area contributed by atoms with E-state index in [-0.39, 0.29) is 0 Å². The molecule has 0 spiro atoms. The van der Waals surface area contributed by atoms with Gasteiger partial charge >= 0.3 is 5.97 Å². The largest absolute Gasteiger partial charge is 0.492 e. The number of likely N-dealkylation sites (N-methyl/N-ethyl adjacent to an activating group) is 1. The van der Waals surface area contributed by atoms with E-state index in [0.29, 0.717) is 6.61 Å². The number of hydrogen-bond donors (Lipinski definition) is 1. The van der Waals surface area contributed by atoms with E-state index in [2.05, 4.69) is 18.9 Å². The van der Waals surface area contributed by atoms with Gasteiger partial charge in [0.05, 0.1) is 0 Å². The van der Waals surface area contributed by atoms with Crippen LogP contribution >= 0.6 is 0 Å². The maximum absolute atomic E-state index is 10.5. The van der Waals surface area contributed by atoms with E-state index >= 15 is 0 Å². The molecular formula is C16H23NO3. The van der Waals surface area contributed by atoms with Crippen LogP contribution < -0.4 is 4.74 Å². The molecule has 0 unspecified atom stereocenters. The summed E-state index contributed by atoms with van der Waals surface area (Å²) in [6.45, 7) is 4.78. The fourth-order valence-corrected chi connectivity index (χ4v) is 1.73. The molecule has 0 aliphatic rings. The molecular weight excluding hydrogens is 254 g/mol. The van der Waals surface area contributed by atoms with Gasteiger partial charge in [0.15, 0.2) is 0 Å². The maximum Gasteiger partial charge on any atom is 0.328 e. The number of carbonyl (C=O) groups is 1. The fraction of sp³-hybridized carbons (Fsp3) is 0.438. The quantitative estimate of drug-likeness (QED) is 0.705. The molecule has 1 rings (SSSR count). The molecule has 110 valence electrons. The van der Waals surface area contributed by atoms with E-state index in [9.17, 15) is 4.79 Å². The molecule has 1 aromatic carbocycles. The fourth-order valence-electron chi connectivity index (χ4n) is 1.73. The number of unbranched alkanes of at least 4 members (excludes halogenated alkanes) is 1. The standard InChI is InChI=1S/C16H23NO3/c1-3-4-10-17(2)11-12-20-15-7-5-6-14(13-15)8-9-16(18)19/h5-9,13H,3-4,10-12H2,1-2H3,(H,18,19). The number of carboxylic acid groups (broad SMARTS) is 1. The Bertz CT molecular complexity index is 443. The summed E-state index contributed by atoms with van der Waals surface area (Å²) in [4.78, 5) is 12.7. The van der Waals surface area contributed by atoms with Crippen molar-refractivity contribution in [1.29, 1.82) is 0 Å². The number of ether oxygens (including phenoxy) is 1. The molecule has 1 aromatic rings. The van der Waals surface area contributed by atoms with Gasteiger partial charge in [-0.05, 0) is 43.8 Å². The van der Waals surface area contributed by atoms with Crippen LogP contribution in [0.25, 0.3) is 6.08 Å². The van der Waals surface area contributed by atoms with E-state index in [1.165, 1.54) is 12.8 Å². The Kier molecular flexibility index (Phi) is 7.43. The SMILES string of the molecule is CCCCN(C)CCOc1cccc(C=CC(=O)O)c1. The number of hydrogen-bond acceptors (Lipinski definition) is 3. The van der Waals surface area contributed by atoms with Crippen molar-refractivity contribution in [3.8, 4) is 5.75 Å². The Labute approximate surface area is 120 Å². The van der Waals surface area contributed by atoms with Crippen LogP contribution in [0.2, 0.25) is 0 Å². The van der Waals surface area contributed by atoms with Crippen molar-refractivity contribution in [3.05, 3.63) is 35.9 Å². The second-order valence-electron chi connectivity index (χ2n) is 4.75. The van der Waals surface area contributed by atoms with Gasteiger partial charge in [0.2, 0.25) is 0 Å². The van der Waals surface area contributed by atoms with Gasteiger partial charge in [-0.25, -0.2) is 4.79 Å². The van der Waals surface area contributed by atoms with Crippen LogP contribution in [0.4, 0.5) is 0 Å². The monoisotopic (exact) mass is 277 g/mol. The third kappa shape index (κ3) is 6.95. The van der Waals surface area contributed by atoms with Crippen molar-refractivity contribution in [3.63, 3.8) is 0 Å². The van der Waals surface area contributed by atoms with Gasteiger partial charge in [0.1, 0.15) is 12.4 Å². The maximum atomic E-state index is 10.5. The average molecular weight is 277 g/mol. The topological polar surface area (TPSA) is 49.8 Å². The zero-order valence-corrected chi connectivity index (χ0v) is 12.2. The minimum absolute atomic E-state index is 0.631. The van der Waals surface area contributed by atoms with Gasteiger partial charge < -0.3 is 14.7 Å². The lowest BCUT2D eigenvalue weighted by molar-refractivity contribution is -0.131.